The van der Waals surface area contributed by atoms with Crippen LogP contribution in [0.25, 0.3) is 0 Å². The number of hydrogen-bond acceptors (Lipinski definition) is 30. The Balaban J connectivity index is 0. The Morgan fingerprint density at radius 3 is 0.652 bits per heavy atom. The van der Waals surface area contributed by atoms with Crippen molar-refractivity contribution in [3.63, 3.8) is 0 Å². The highest BCUT2D eigenvalue weighted by atomic mass is 32.1. The van der Waals surface area contributed by atoms with Gasteiger partial charge >= 0.3 is 70.8 Å². The maximum Gasteiger partial charge on any atom is 0.336 e. The van der Waals surface area contributed by atoms with Crippen LogP contribution < -0.4 is 17.1 Å². The summed E-state index contributed by atoms with van der Waals surface area (Å²) in [6, 6.07) is 0. The van der Waals surface area contributed by atoms with Gasteiger partial charge in [-0.05, 0) is 25.7 Å². The molecule has 24 nitrogen and oxygen atoms in total. The van der Waals surface area contributed by atoms with Gasteiger partial charge in [-0.25, -0.2) is 28.1 Å². The van der Waals surface area contributed by atoms with Gasteiger partial charge in [-0.3, -0.25) is 43.2 Å². The summed E-state index contributed by atoms with van der Waals surface area (Å²) < 4.78 is 49.2. The molecule has 0 radical (unpaired) electrons. The maximum atomic E-state index is 13.0. The third-order valence-corrected chi connectivity index (χ3v) is 12.6. The van der Waals surface area contributed by atoms with E-state index in [1.807, 2.05) is 13.8 Å². The molecule has 0 saturated heterocycles. The Morgan fingerprint density at radius 2 is 0.449 bits per heavy atom. The largest absolute Gasteiger partial charge is 0.466 e. The van der Waals surface area contributed by atoms with E-state index in [2.05, 4.69) is 114 Å². The van der Waals surface area contributed by atoms with Crippen molar-refractivity contribution in [3.05, 3.63) is 31.5 Å². The molecule has 0 aliphatic rings. The molecule has 9 atom stereocenters. The number of ether oxygens (including phenoxy) is 9. The molecule has 0 spiro atoms. The average Bonchev–Trinajstić information content (AvgIpc) is 1.32. The number of carbonyl (C=O) groups is 9. The van der Waals surface area contributed by atoms with E-state index < -0.39 is 64.3 Å². The zero-order valence-corrected chi connectivity index (χ0v) is 60.4. The van der Waals surface area contributed by atoms with E-state index in [1.165, 1.54) is 0 Å². The molecule has 1 rings (SSSR count). The van der Waals surface area contributed by atoms with Gasteiger partial charge in [0, 0.05) is 60.3 Å². The van der Waals surface area contributed by atoms with Gasteiger partial charge in [0.2, 0.25) is 0 Å². The number of esters is 9. The Bertz CT molecular complexity index is 2280. The van der Waals surface area contributed by atoms with E-state index in [-0.39, 0.29) is 183 Å². The summed E-state index contributed by atoms with van der Waals surface area (Å²) in [6.45, 7) is 14.5. The smallest absolute Gasteiger partial charge is 0.336 e. The molecule has 0 N–H and O–H groups in total. The number of thiol groups is 9. The van der Waals surface area contributed by atoms with Crippen molar-refractivity contribution >= 4 is 167 Å². The van der Waals surface area contributed by atoms with Crippen LogP contribution in [0.1, 0.15) is 146 Å². The summed E-state index contributed by atoms with van der Waals surface area (Å²) in [5, 5.41) is -1.46. The Kier molecular flexibility index (Phi) is 49.6. The first-order valence-electron chi connectivity index (χ1n) is 29.0. The van der Waals surface area contributed by atoms with E-state index in [1.54, 1.807) is 48.5 Å². The quantitative estimate of drug-likeness (QED) is 0.0158. The van der Waals surface area contributed by atoms with Crippen LogP contribution in [-0.4, -0.2) is 174 Å². The van der Waals surface area contributed by atoms with Crippen LogP contribution >= 0.6 is 114 Å². The van der Waals surface area contributed by atoms with Crippen LogP contribution in [-0.2, 0) is 105 Å². The average molecular weight is 1430 g/mol. The zero-order chi connectivity index (χ0) is 68.4. The van der Waals surface area contributed by atoms with E-state index >= 15 is 0 Å². The normalized spacial score (nSPS) is 14.6. The number of unbranched alkanes of at least 4 members (excludes halogenated alkanes) is 1. The predicted molar refractivity (Wildman–Crippen MR) is 366 cm³/mol. The monoisotopic (exact) mass is 1430 g/mol. The van der Waals surface area contributed by atoms with Gasteiger partial charge in [-0.15, -0.1) is 0 Å². The number of hydrogen-bond donors (Lipinski definition) is 9. The van der Waals surface area contributed by atoms with Crippen LogP contribution in [0.2, 0.25) is 0 Å². The van der Waals surface area contributed by atoms with Crippen molar-refractivity contribution in [3.8, 4) is 0 Å². The van der Waals surface area contributed by atoms with Crippen molar-refractivity contribution in [1.29, 1.82) is 0 Å². The SMILES string of the molecule is CC(S)CC(=O)OCC(COC(=O)CC(C)S)(COC(=O)CC(C)S)COC(=O)CC(C)S.CC(S)CC(=O)OCCCCOC(=O)CC(C)S.CC(S)CC(=O)OCCCn1c(=O)n(CCCOC(=O)CC(C)S)c(=O)n(CCOC(=O)CC(C)S)c1=O. The Hall–Kier alpha value is -3.21. The van der Waals surface area contributed by atoms with Gasteiger partial charge in [0.1, 0.15) is 38.4 Å². The minimum absolute atomic E-state index is 0.0154. The molecule has 0 bridgehead atoms. The molecule has 0 fully saturated rings. The van der Waals surface area contributed by atoms with Crippen molar-refractivity contribution in [2.75, 3.05) is 59.5 Å². The predicted octanol–water partition coefficient (Wildman–Crippen LogP) is 5.96. The van der Waals surface area contributed by atoms with Gasteiger partial charge in [0.25, 0.3) is 0 Å². The zero-order valence-electron chi connectivity index (χ0n) is 52.3. The third-order valence-electron chi connectivity index (χ3n) is 10.9. The van der Waals surface area contributed by atoms with Crippen molar-refractivity contribution in [1.82, 2.24) is 13.7 Å². The maximum absolute atomic E-state index is 13.0. The second kappa shape index (κ2) is 50.3. The molecule has 0 aliphatic carbocycles. The summed E-state index contributed by atoms with van der Waals surface area (Å²) in [7, 11) is 0. The van der Waals surface area contributed by atoms with E-state index in [0.717, 1.165) is 13.7 Å². The van der Waals surface area contributed by atoms with Crippen LogP contribution in [0.15, 0.2) is 14.4 Å². The van der Waals surface area contributed by atoms with Crippen molar-refractivity contribution < 1.29 is 85.8 Å². The molecular weight excluding hydrogens is 1340 g/mol. The van der Waals surface area contributed by atoms with Crippen LogP contribution in [0.5, 0.6) is 0 Å². The third kappa shape index (κ3) is 48.2. The molecule has 33 heteroatoms. The van der Waals surface area contributed by atoms with Crippen molar-refractivity contribution in [2.24, 2.45) is 5.41 Å². The molecule has 89 heavy (non-hydrogen) atoms. The van der Waals surface area contributed by atoms with E-state index in [9.17, 15) is 57.5 Å². The second-order valence-corrected chi connectivity index (χ2v) is 29.4. The fourth-order valence-electron chi connectivity index (χ4n) is 6.79. The molecule has 1 aromatic heterocycles. The molecule has 0 aliphatic heterocycles. The topological polar surface area (TPSA) is 303 Å². The van der Waals surface area contributed by atoms with Crippen molar-refractivity contribution in [2.45, 2.75) is 213 Å². The number of rotatable bonds is 42. The van der Waals surface area contributed by atoms with Gasteiger partial charge in [0.15, 0.2) is 0 Å². The highest BCUT2D eigenvalue weighted by Gasteiger charge is 2.38. The van der Waals surface area contributed by atoms with Gasteiger partial charge < -0.3 is 42.6 Å². The summed E-state index contributed by atoms with van der Waals surface area (Å²) in [5.74, 6) is -4.08. The summed E-state index contributed by atoms with van der Waals surface area (Å²) >= 11 is 37.3. The van der Waals surface area contributed by atoms with Gasteiger partial charge in [-0.1, -0.05) is 62.3 Å². The summed E-state index contributed by atoms with van der Waals surface area (Å²) in [4.78, 5) is 145. The first-order valence-corrected chi connectivity index (χ1v) is 33.6. The molecule has 9 unspecified atom stereocenters. The summed E-state index contributed by atoms with van der Waals surface area (Å²) in [6.07, 6.45) is 2.77. The highest BCUT2D eigenvalue weighted by molar-refractivity contribution is 7.82. The van der Waals surface area contributed by atoms with Gasteiger partial charge in [-0.2, -0.15) is 114 Å². The van der Waals surface area contributed by atoms with Gasteiger partial charge in [0.05, 0.1) is 90.8 Å². The molecule has 1 heterocycles. The fourth-order valence-corrected chi connectivity index (χ4v) is 8.13. The molecule has 0 amide bonds. The number of nitrogens with zero attached hydrogens (tertiary/aromatic N) is 3. The number of aromatic nitrogens is 3. The standard InChI is InChI=1S/C23H37N3O9S3.C21H36O8S4.C12H22O4S2/c1-15(36)12-18(27)33-9-4-6-24-21(30)25(7-5-10-34-19(28)13-16(2)37)23(32)26(22(24)31)8-11-35-20(29)14-17(3)38;1-13(30)5-17(22)26-9-21(10-27-18(23)6-14(2)31,11-28-19(24)7-15(3)32)12-29-20(25)8-16(4)33;1-9(17)7-11(13)15-5-3-4-6-16-12(14)8-10(2)18/h15-17,36-38H,4-14H2,1-3H3;13-16,30-33H,5-12H2,1-4H3;9-10,17-18H,3-8H2,1-2H3. The van der Waals surface area contributed by atoms with Crippen LogP contribution in [0.4, 0.5) is 0 Å². The first-order chi connectivity index (χ1) is 41.5. The highest BCUT2D eigenvalue weighted by Crippen LogP contribution is 2.24. The molecule has 0 aromatic carbocycles. The van der Waals surface area contributed by atoms with E-state index in [0.29, 0.717) is 38.9 Å². The fraction of sp³-hybridized carbons (Fsp3) is 0.786. The van der Waals surface area contributed by atoms with Crippen LogP contribution in [0.3, 0.4) is 0 Å². The molecule has 1 aromatic rings. The lowest BCUT2D eigenvalue weighted by atomic mass is 9.92. The molecule has 514 valence electrons. The molecular formula is C56H95N3O21S9. The minimum Gasteiger partial charge on any atom is -0.466 e. The Morgan fingerprint density at radius 1 is 0.281 bits per heavy atom. The second-order valence-electron chi connectivity index (χ2n) is 21.4. The minimum atomic E-state index is -1.30. The molecule has 0 saturated carbocycles. The van der Waals surface area contributed by atoms with E-state index in [4.69, 9.17) is 42.6 Å². The number of carbonyl (C=O) groups excluding carboxylic acids is 9. The lowest BCUT2D eigenvalue weighted by Gasteiger charge is -2.32. The van der Waals surface area contributed by atoms with Crippen LogP contribution in [0, 0.1) is 5.41 Å². The first kappa shape index (κ1) is 87.8. The Labute approximate surface area is 571 Å². The lowest BCUT2D eigenvalue weighted by molar-refractivity contribution is -0.171. The summed E-state index contributed by atoms with van der Waals surface area (Å²) in [5.41, 5.74) is -3.89. The lowest BCUT2D eigenvalue weighted by Crippen LogP contribution is -2.55.